The maximum absolute atomic E-state index is 8.60. The molecule has 1 rings (SSSR count). The largest absolute Gasteiger partial charge is 0.398 e. The number of halogens is 1. The fourth-order valence-electron chi connectivity index (χ4n) is 0.776. The molecule has 0 spiro atoms. The van der Waals surface area contributed by atoms with Gasteiger partial charge in [-0.05, 0) is 34.5 Å². The molecule has 0 amide bonds. The van der Waals surface area contributed by atoms with Crippen LogP contribution in [0.2, 0.25) is 0 Å². The minimum Gasteiger partial charge on any atom is -0.398 e. The molecule has 0 bridgehead atoms. The maximum Gasteiger partial charge on any atom is 0.100 e. The lowest BCUT2D eigenvalue weighted by Gasteiger charge is -2.02. The van der Waals surface area contributed by atoms with Crippen molar-refractivity contribution in [1.29, 1.82) is 5.26 Å². The molecule has 0 aliphatic rings. The zero-order valence-electron chi connectivity index (χ0n) is 6.06. The van der Waals surface area contributed by atoms with Gasteiger partial charge in [0.2, 0.25) is 0 Å². The Kier molecular flexibility index (Phi) is 2.16. The molecule has 0 heterocycles. The lowest BCUT2D eigenvalue weighted by Crippen LogP contribution is -1.92. The van der Waals surface area contributed by atoms with Gasteiger partial charge in [0.05, 0.1) is 15.7 Å². The summed E-state index contributed by atoms with van der Waals surface area (Å²) >= 11 is 3.24. The first-order valence-corrected chi connectivity index (χ1v) is 3.90. The fraction of sp³-hybridized carbons (Fsp3) is 0.125. The van der Waals surface area contributed by atoms with E-state index in [9.17, 15) is 0 Å². The van der Waals surface area contributed by atoms with E-state index in [-0.39, 0.29) is 0 Å². The Morgan fingerprint density at radius 2 is 2.18 bits per heavy atom. The predicted molar refractivity (Wildman–Crippen MR) is 48.0 cm³/mol. The molecule has 0 aliphatic carbocycles. The van der Waals surface area contributed by atoms with Gasteiger partial charge in [0.25, 0.3) is 0 Å². The van der Waals surface area contributed by atoms with Crippen molar-refractivity contribution in [2.45, 2.75) is 6.92 Å². The van der Waals surface area contributed by atoms with Crippen LogP contribution in [0.5, 0.6) is 0 Å². The molecule has 0 fully saturated rings. The van der Waals surface area contributed by atoms with Gasteiger partial charge in [-0.15, -0.1) is 0 Å². The summed E-state index contributed by atoms with van der Waals surface area (Å²) in [6, 6.07) is 5.61. The quantitative estimate of drug-likeness (QED) is 0.668. The van der Waals surface area contributed by atoms with Crippen molar-refractivity contribution in [3.05, 3.63) is 27.7 Å². The van der Waals surface area contributed by atoms with Crippen molar-refractivity contribution in [3.63, 3.8) is 0 Å². The van der Waals surface area contributed by atoms with E-state index in [1.165, 1.54) is 0 Å². The molecule has 0 saturated carbocycles. The summed E-state index contributed by atoms with van der Waals surface area (Å²) in [5, 5.41) is 8.60. The van der Waals surface area contributed by atoms with Crippen molar-refractivity contribution in [2.75, 3.05) is 5.73 Å². The number of benzene rings is 1. The highest BCUT2D eigenvalue weighted by molar-refractivity contribution is 9.10. The van der Waals surface area contributed by atoms with Crippen LogP contribution >= 0.6 is 15.9 Å². The number of nitriles is 1. The molecule has 1 aromatic rings. The molecule has 11 heavy (non-hydrogen) atoms. The summed E-state index contributed by atoms with van der Waals surface area (Å²) in [7, 11) is 0. The normalized spacial score (nSPS) is 9.18. The van der Waals surface area contributed by atoms with Gasteiger partial charge in [0.1, 0.15) is 6.07 Å². The van der Waals surface area contributed by atoms with Gasteiger partial charge in [-0.3, -0.25) is 0 Å². The van der Waals surface area contributed by atoms with Gasteiger partial charge >= 0.3 is 0 Å². The average molecular weight is 211 g/mol. The number of anilines is 1. The van der Waals surface area contributed by atoms with E-state index in [4.69, 9.17) is 11.0 Å². The van der Waals surface area contributed by atoms with Gasteiger partial charge in [-0.25, -0.2) is 0 Å². The first-order valence-electron chi connectivity index (χ1n) is 3.11. The molecule has 0 radical (unpaired) electrons. The molecule has 56 valence electrons. The van der Waals surface area contributed by atoms with Crippen molar-refractivity contribution in [1.82, 2.24) is 0 Å². The topological polar surface area (TPSA) is 49.8 Å². The van der Waals surface area contributed by atoms with Crippen molar-refractivity contribution in [3.8, 4) is 6.07 Å². The van der Waals surface area contributed by atoms with Crippen molar-refractivity contribution >= 4 is 21.6 Å². The number of hydrogen-bond donors (Lipinski definition) is 1. The van der Waals surface area contributed by atoms with E-state index in [2.05, 4.69) is 15.9 Å². The van der Waals surface area contributed by atoms with Crippen LogP contribution in [0.25, 0.3) is 0 Å². The highest BCUT2D eigenvalue weighted by Crippen LogP contribution is 2.26. The van der Waals surface area contributed by atoms with Crippen LogP contribution in [0, 0.1) is 18.3 Å². The number of aryl methyl sites for hydroxylation is 1. The maximum atomic E-state index is 8.60. The van der Waals surface area contributed by atoms with Crippen molar-refractivity contribution in [2.24, 2.45) is 0 Å². The van der Waals surface area contributed by atoms with Crippen LogP contribution in [-0.2, 0) is 0 Å². The molecule has 3 heteroatoms. The summed E-state index contributed by atoms with van der Waals surface area (Å²) in [5.41, 5.74) is 7.86. The van der Waals surface area contributed by atoms with E-state index < -0.39 is 0 Å². The Balaban J connectivity index is 3.40. The Bertz CT molecular complexity index is 326. The monoisotopic (exact) mass is 210 g/mol. The van der Waals surface area contributed by atoms with Crippen LogP contribution in [0.1, 0.15) is 11.1 Å². The molecule has 2 N–H and O–H groups in total. The van der Waals surface area contributed by atoms with Gasteiger partial charge in [-0.1, -0.05) is 6.07 Å². The minimum atomic E-state index is 0.577. The van der Waals surface area contributed by atoms with Crippen molar-refractivity contribution < 1.29 is 0 Å². The van der Waals surface area contributed by atoms with E-state index in [0.29, 0.717) is 15.7 Å². The Morgan fingerprint density at radius 1 is 1.55 bits per heavy atom. The average Bonchev–Trinajstić information content (AvgIpc) is 2.01. The molecule has 0 aliphatic heterocycles. The Hall–Kier alpha value is -1.01. The lowest BCUT2D eigenvalue weighted by molar-refractivity contribution is 1.41. The SMILES string of the molecule is Cc1ccc(C#N)c(Br)c1N. The van der Waals surface area contributed by atoms with E-state index in [0.717, 1.165) is 5.56 Å². The summed E-state index contributed by atoms with van der Waals surface area (Å²) in [6.45, 7) is 1.90. The third kappa shape index (κ3) is 1.36. The smallest absolute Gasteiger partial charge is 0.100 e. The van der Waals surface area contributed by atoms with E-state index in [1.54, 1.807) is 6.07 Å². The van der Waals surface area contributed by atoms with Gasteiger partial charge < -0.3 is 5.73 Å². The first kappa shape index (κ1) is 8.09. The Morgan fingerprint density at radius 3 is 2.73 bits per heavy atom. The lowest BCUT2D eigenvalue weighted by atomic mass is 10.1. The third-order valence-corrected chi connectivity index (χ3v) is 2.37. The molecule has 2 nitrogen and oxygen atoms in total. The van der Waals surface area contributed by atoms with E-state index >= 15 is 0 Å². The van der Waals surface area contributed by atoms with E-state index in [1.807, 2.05) is 19.1 Å². The van der Waals surface area contributed by atoms with Gasteiger partial charge in [0.15, 0.2) is 0 Å². The number of nitrogens with zero attached hydrogens (tertiary/aromatic N) is 1. The molecule has 0 saturated heterocycles. The fourth-order valence-corrected chi connectivity index (χ4v) is 1.31. The predicted octanol–water partition coefficient (Wildman–Crippen LogP) is 2.21. The summed E-state index contributed by atoms with van der Waals surface area (Å²) in [4.78, 5) is 0. The van der Waals surface area contributed by atoms with Crippen LogP contribution in [0.3, 0.4) is 0 Å². The van der Waals surface area contributed by atoms with Crippen LogP contribution < -0.4 is 5.73 Å². The van der Waals surface area contributed by atoms with Crippen LogP contribution in [-0.4, -0.2) is 0 Å². The zero-order valence-corrected chi connectivity index (χ0v) is 7.64. The number of hydrogen-bond acceptors (Lipinski definition) is 2. The molecular formula is C8H7BrN2. The minimum absolute atomic E-state index is 0.577. The highest BCUT2D eigenvalue weighted by Gasteiger charge is 2.03. The summed E-state index contributed by atoms with van der Waals surface area (Å²) < 4.78 is 0.694. The molecule has 1 aromatic carbocycles. The molecule has 0 aromatic heterocycles. The molecule has 0 unspecified atom stereocenters. The summed E-state index contributed by atoms with van der Waals surface area (Å²) in [6.07, 6.45) is 0. The van der Waals surface area contributed by atoms with Gasteiger partial charge in [0, 0.05) is 0 Å². The molecule has 0 atom stereocenters. The van der Waals surface area contributed by atoms with Gasteiger partial charge in [-0.2, -0.15) is 5.26 Å². The highest BCUT2D eigenvalue weighted by atomic mass is 79.9. The second-order valence-corrected chi connectivity index (χ2v) is 3.06. The second kappa shape index (κ2) is 2.93. The second-order valence-electron chi connectivity index (χ2n) is 2.27. The Labute approximate surface area is 73.8 Å². The third-order valence-electron chi connectivity index (χ3n) is 1.52. The molecular weight excluding hydrogens is 204 g/mol. The zero-order chi connectivity index (χ0) is 8.43. The standard InChI is InChI=1S/C8H7BrN2/c1-5-2-3-6(4-10)7(9)8(5)11/h2-3H,11H2,1H3. The van der Waals surface area contributed by atoms with Crippen LogP contribution in [0.4, 0.5) is 5.69 Å². The number of rotatable bonds is 0. The number of nitrogens with two attached hydrogens (primary N) is 1. The first-order chi connectivity index (χ1) is 5.16. The summed E-state index contributed by atoms with van der Waals surface area (Å²) in [5.74, 6) is 0. The number of nitrogen functional groups attached to an aromatic ring is 1. The van der Waals surface area contributed by atoms with Crippen LogP contribution in [0.15, 0.2) is 16.6 Å².